The Kier molecular flexibility index (Phi) is 6.43. The maximum Gasteiger partial charge on any atom is 0.251 e. The molecular weight excluding hydrogens is 442 g/mol. The first-order chi connectivity index (χ1) is 16.9. The summed E-state index contributed by atoms with van der Waals surface area (Å²) < 4.78 is 11.6. The quantitative estimate of drug-likeness (QED) is 0.544. The van der Waals surface area contributed by atoms with Crippen molar-refractivity contribution in [1.82, 2.24) is 9.97 Å². The zero-order chi connectivity index (χ0) is 24.5. The highest BCUT2D eigenvalue weighted by molar-refractivity contribution is 5.98. The molecule has 2 aliphatic heterocycles. The van der Waals surface area contributed by atoms with Crippen LogP contribution in [0, 0.1) is 13.8 Å². The van der Waals surface area contributed by atoms with Crippen molar-refractivity contribution in [1.29, 1.82) is 0 Å². The topological polar surface area (TPSA) is 84.5 Å². The van der Waals surface area contributed by atoms with E-state index in [9.17, 15) is 9.59 Å². The second-order valence-corrected chi connectivity index (χ2v) is 9.52. The molecule has 0 amide bonds. The lowest BCUT2D eigenvalue weighted by Crippen LogP contribution is -2.36. The fourth-order valence-electron chi connectivity index (χ4n) is 5.01. The molecule has 1 fully saturated rings. The Balaban J connectivity index is 1.42. The Morgan fingerprint density at radius 3 is 2.69 bits per heavy atom. The van der Waals surface area contributed by atoms with Gasteiger partial charge in [-0.15, -0.1) is 0 Å². The van der Waals surface area contributed by atoms with Gasteiger partial charge in [-0.05, 0) is 68.7 Å². The van der Waals surface area contributed by atoms with Gasteiger partial charge in [-0.1, -0.05) is 0 Å². The van der Waals surface area contributed by atoms with E-state index in [1.54, 1.807) is 0 Å². The number of fused-ring (bicyclic) bond motifs is 1. The molecule has 3 aromatic rings. The van der Waals surface area contributed by atoms with Crippen LogP contribution in [0.15, 0.2) is 41.3 Å². The van der Waals surface area contributed by atoms with Crippen LogP contribution < -0.4 is 15.2 Å². The summed E-state index contributed by atoms with van der Waals surface area (Å²) in [5.41, 5.74) is 5.81. The van der Waals surface area contributed by atoms with Gasteiger partial charge < -0.3 is 19.4 Å². The standard InChI is InChI=1S/C28H31N3O4/c1-17-12-18(2)30-28(33)23(17)5-6-25(32)21-14-22-13-19(3)35-27(22)24(15-21)20-4-7-26(29-16-20)31-8-10-34-11-9-31/h4,7,12,14-16,19H,5-6,8-11,13H2,1-3H3,(H,30,33). The van der Waals surface area contributed by atoms with Crippen molar-refractivity contribution < 1.29 is 14.3 Å². The molecule has 35 heavy (non-hydrogen) atoms. The molecule has 0 aliphatic carbocycles. The molecule has 0 saturated carbocycles. The predicted octanol–water partition coefficient (Wildman–Crippen LogP) is 4.03. The van der Waals surface area contributed by atoms with Crippen molar-refractivity contribution >= 4 is 11.6 Å². The third kappa shape index (κ3) is 4.86. The second-order valence-electron chi connectivity index (χ2n) is 9.52. The Morgan fingerprint density at radius 2 is 1.97 bits per heavy atom. The normalized spacial score (nSPS) is 17.2. The predicted molar refractivity (Wildman–Crippen MR) is 136 cm³/mol. The number of nitrogens with one attached hydrogen (secondary N) is 1. The van der Waals surface area contributed by atoms with Crippen molar-refractivity contribution in [3.8, 4) is 16.9 Å². The van der Waals surface area contributed by atoms with Crippen molar-refractivity contribution in [2.24, 2.45) is 0 Å². The molecule has 1 unspecified atom stereocenters. The number of pyridine rings is 2. The van der Waals surface area contributed by atoms with Crippen LogP contribution in [-0.2, 0) is 17.6 Å². The van der Waals surface area contributed by atoms with E-state index in [1.165, 1.54) is 0 Å². The van der Waals surface area contributed by atoms with E-state index in [4.69, 9.17) is 14.5 Å². The van der Waals surface area contributed by atoms with E-state index in [1.807, 2.05) is 57.3 Å². The van der Waals surface area contributed by atoms with Crippen molar-refractivity contribution in [2.45, 2.75) is 46.1 Å². The molecule has 1 N–H and O–H groups in total. The minimum atomic E-state index is -0.112. The molecule has 1 aromatic carbocycles. The lowest BCUT2D eigenvalue weighted by molar-refractivity contribution is 0.0982. The van der Waals surface area contributed by atoms with Gasteiger partial charge in [-0.2, -0.15) is 0 Å². The maximum atomic E-state index is 13.2. The summed E-state index contributed by atoms with van der Waals surface area (Å²) in [4.78, 5) is 35.4. The largest absolute Gasteiger partial charge is 0.489 e. The van der Waals surface area contributed by atoms with Crippen LogP contribution in [0.1, 0.15) is 46.1 Å². The highest BCUT2D eigenvalue weighted by atomic mass is 16.5. The van der Waals surface area contributed by atoms with Crippen LogP contribution in [0.4, 0.5) is 5.82 Å². The summed E-state index contributed by atoms with van der Waals surface area (Å²) in [5, 5.41) is 0. The van der Waals surface area contributed by atoms with E-state index >= 15 is 0 Å². The van der Waals surface area contributed by atoms with E-state index < -0.39 is 0 Å². The lowest BCUT2D eigenvalue weighted by Gasteiger charge is -2.27. The number of aromatic nitrogens is 2. The molecule has 1 saturated heterocycles. The average Bonchev–Trinajstić information content (AvgIpc) is 3.23. The number of Topliss-reactive ketones (excluding diaryl/α,β-unsaturated/α-hetero) is 1. The minimum absolute atomic E-state index is 0.0193. The van der Waals surface area contributed by atoms with Crippen LogP contribution in [0.25, 0.3) is 11.1 Å². The van der Waals surface area contributed by atoms with Gasteiger partial charge in [-0.3, -0.25) is 9.59 Å². The zero-order valence-corrected chi connectivity index (χ0v) is 20.5. The number of morpholine rings is 1. The van der Waals surface area contributed by atoms with Crippen molar-refractivity contribution in [3.63, 3.8) is 0 Å². The van der Waals surface area contributed by atoms with Gasteiger partial charge in [0.1, 0.15) is 17.7 Å². The average molecular weight is 474 g/mol. The van der Waals surface area contributed by atoms with Crippen LogP contribution in [0.5, 0.6) is 5.75 Å². The molecule has 4 heterocycles. The Morgan fingerprint density at radius 1 is 1.17 bits per heavy atom. The SMILES string of the molecule is Cc1cc(C)c(CCC(=O)c2cc3c(c(-c4ccc(N5CCOCC5)nc4)c2)OC(C)C3)c(=O)[nH]1. The van der Waals surface area contributed by atoms with Crippen LogP contribution >= 0.6 is 0 Å². The summed E-state index contributed by atoms with van der Waals surface area (Å²) in [5.74, 6) is 1.78. The van der Waals surface area contributed by atoms with Gasteiger partial charge in [0, 0.05) is 60.1 Å². The van der Waals surface area contributed by atoms with E-state index in [0.29, 0.717) is 30.8 Å². The first kappa shape index (κ1) is 23.3. The summed E-state index contributed by atoms with van der Waals surface area (Å²) in [6.07, 6.45) is 3.37. The number of ketones is 1. The van der Waals surface area contributed by atoms with E-state index in [-0.39, 0.29) is 23.9 Å². The summed E-state index contributed by atoms with van der Waals surface area (Å²) in [7, 11) is 0. The van der Waals surface area contributed by atoms with Gasteiger partial charge in [0.2, 0.25) is 0 Å². The second kappa shape index (κ2) is 9.66. The monoisotopic (exact) mass is 473 g/mol. The number of benzene rings is 1. The van der Waals surface area contributed by atoms with Gasteiger partial charge >= 0.3 is 0 Å². The molecule has 0 radical (unpaired) electrons. The van der Waals surface area contributed by atoms with Crippen LogP contribution in [-0.4, -0.2) is 48.2 Å². The molecule has 1 atom stereocenters. The number of rotatable bonds is 6. The fourth-order valence-corrected chi connectivity index (χ4v) is 5.01. The first-order valence-electron chi connectivity index (χ1n) is 12.2. The first-order valence-corrected chi connectivity index (χ1v) is 12.2. The number of ether oxygens (including phenoxy) is 2. The summed E-state index contributed by atoms with van der Waals surface area (Å²) in [6, 6.07) is 9.87. The number of hydrogen-bond donors (Lipinski definition) is 1. The highest BCUT2D eigenvalue weighted by Crippen LogP contribution is 2.40. The third-order valence-electron chi connectivity index (χ3n) is 6.80. The van der Waals surface area contributed by atoms with Gasteiger partial charge in [0.05, 0.1) is 13.2 Å². The molecule has 182 valence electrons. The fraction of sp³-hybridized carbons (Fsp3) is 0.393. The molecular formula is C28H31N3O4. The Hall–Kier alpha value is -3.45. The van der Waals surface area contributed by atoms with Gasteiger partial charge in [0.25, 0.3) is 5.56 Å². The van der Waals surface area contributed by atoms with Crippen LogP contribution in [0.3, 0.4) is 0 Å². The Labute approximate surface area is 205 Å². The number of carbonyl (C=O) groups is 1. The summed E-state index contributed by atoms with van der Waals surface area (Å²) in [6.45, 7) is 8.90. The maximum absolute atomic E-state index is 13.2. The van der Waals surface area contributed by atoms with Gasteiger partial charge in [-0.25, -0.2) is 4.98 Å². The summed E-state index contributed by atoms with van der Waals surface area (Å²) >= 11 is 0. The lowest BCUT2D eigenvalue weighted by atomic mass is 9.94. The number of anilines is 1. The zero-order valence-electron chi connectivity index (χ0n) is 20.5. The number of aryl methyl sites for hydroxylation is 2. The number of nitrogens with zero attached hydrogens (tertiary/aromatic N) is 2. The van der Waals surface area contributed by atoms with Crippen molar-refractivity contribution in [3.05, 3.63) is 74.8 Å². The number of H-pyrrole nitrogens is 1. The van der Waals surface area contributed by atoms with Gasteiger partial charge in [0.15, 0.2) is 5.78 Å². The molecule has 2 aromatic heterocycles. The van der Waals surface area contributed by atoms with E-state index in [0.717, 1.165) is 59.0 Å². The molecule has 7 nitrogen and oxygen atoms in total. The molecule has 0 spiro atoms. The van der Waals surface area contributed by atoms with Crippen molar-refractivity contribution in [2.75, 3.05) is 31.2 Å². The third-order valence-corrected chi connectivity index (χ3v) is 6.80. The molecule has 5 rings (SSSR count). The smallest absolute Gasteiger partial charge is 0.251 e. The minimum Gasteiger partial charge on any atom is -0.489 e. The van der Waals surface area contributed by atoms with Crippen LogP contribution in [0.2, 0.25) is 0 Å². The Bertz CT molecular complexity index is 1310. The molecule has 7 heteroatoms. The van der Waals surface area contributed by atoms with E-state index in [2.05, 4.69) is 9.88 Å². The number of carbonyl (C=O) groups excluding carboxylic acids is 1. The molecule has 2 aliphatic rings. The molecule has 0 bridgehead atoms. The number of hydrogen-bond acceptors (Lipinski definition) is 6. The number of aromatic amines is 1. The highest BCUT2D eigenvalue weighted by Gasteiger charge is 2.26.